The first-order valence-electron chi connectivity index (χ1n) is 10.5. The predicted molar refractivity (Wildman–Crippen MR) is 143 cm³/mol. The molecule has 0 saturated heterocycles. The van der Waals surface area contributed by atoms with E-state index < -0.39 is 0 Å². The molecule has 0 radical (unpaired) electrons. The Kier molecular flexibility index (Phi) is 7.66. The standard InChI is InChI=1S/C29H26BNO2/c1-7-13-16-22-25(11-5)32-27-19-21(24(15-9-3)31-18-10-4)20-28-29(27)30(22)23(17-14-8-2)26(12-6)33-28/h7-20H,1-6H2/b16-13-,17-14-,24-15-,31-18-. The topological polar surface area (TPSA) is 30.8 Å². The van der Waals surface area contributed by atoms with Crippen LogP contribution in [0.2, 0.25) is 0 Å². The highest BCUT2D eigenvalue weighted by atomic mass is 16.5. The van der Waals surface area contributed by atoms with Crippen LogP contribution >= 0.6 is 0 Å². The number of allylic oxidation sites excluding steroid dienone is 13. The van der Waals surface area contributed by atoms with E-state index in [1.54, 1.807) is 42.7 Å². The fourth-order valence-corrected chi connectivity index (χ4v) is 3.80. The summed E-state index contributed by atoms with van der Waals surface area (Å²) in [6, 6.07) is 3.91. The molecular formula is C29H26BNO2. The first-order valence-corrected chi connectivity index (χ1v) is 10.5. The molecule has 1 aromatic carbocycles. The zero-order valence-electron chi connectivity index (χ0n) is 18.7. The van der Waals surface area contributed by atoms with Gasteiger partial charge in [-0.15, -0.1) is 0 Å². The van der Waals surface area contributed by atoms with Crippen LogP contribution in [0.3, 0.4) is 0 Å². The van der Waals surface area contributed by atoms with Gasteiger partial charge in [-0.1, -0.05) is 88.1 Å². The number of rotatable bonds is 10. The molecule has 0 aliphatic carbocycles. The van der Waals surface area contributed by atoms with E-state index in [2.05, 4.69) is 44.5 Å². The average molecular weight is 431 g/mol. The van der Waals surface area contributed by atoms with Crippen molar-refractivity contribution in [2.75, 3.05) is 0 Å². The quantitative estimate of drug-likeness (QED) is 0.244. The molecule has 0 N–H and O–H groups in total. The third-order valence-electron chi connectivity index (χ3n) is 5.11. The smallest absolute Gasteiger partial charge is 0.260 e. The molecule has 0 aromatic heterocycles. The highest BCUT2D eigenvalue weighted by Gasteiger charge is 2.40. The van der Waals surface area contributed by atoms with Crippen LogP contribution < -0.4 is 14.9 Å². The normalized spacial score (nSPS) is 15.4. The summed E-state index contributed by atoms with van der Waals surface area (Å²) in [4.78, 5) is 4.48. The van der Waals surface area contributed by atoms with E-state index in [0.29, 0.717) is 28.7 Å². The average Bonchev–Trinajstić information content (AvgIpc) is 2.84. The first-order chi connectivity index (χ1) is 16.1. The molecule has 0 bridgehead atoms. The van der Waals surface area contributed by atoms with Gasteiger partial charge < -0.3 is 9.47 Å². The van der Waals surface area contributed by atoms with E-state index in [0.717, 1.165) is 22.0 Å². The second kappa shape index (κ2) is 10.8. The molecule has 0 fully saturated rings. The fourth-order valence-electron chi connectivity index (χ4n) is 3.80. The van der Waals surface area contributed by atoms with Crippen molar-refractivity contribution in [3.8, 4) is 11.5 Å². The Balaban J connectivity index is 2.35. The van der Waals surface area contributed by atoms with Crippen LogP contribution in [0, 0.1) is 0 Å². The number of nitrogens with zero attached hydrogens (tertiary/aromatic N) is 1. The van der Waals surface area contributed by atoms with E-state index in [-0.39, 0.29) is 6.71 Å². The van der Waals surface area contributed by atoms with Crippen LogP contribution in [0.15, 0.2) is 146 Å². The minimum absolute atomic E-state index is 0.150. The largest absolute Gasteiger partial charge is 0.458 e. The summed E-state index contributed by atoms with van der Waals surface area (Å²) >= 11 is 0. The van der Waals surface area contributed by atoms with Gasteiger partial charge in [-0.2, -0.15) is 0 Å². The number of hydrogen-bond acceptors (Lipinski definition) is 3. The van der Waals surface area contributed by atoms with E-state index in [1.807, 2.05) is 42.5 Å². The Bertz CT molecular complexity index is 1150. The Morgan fingerprint density at radius 2 is 1.30 bits per heavy atom. The molecule has 2 heterocycles. The molecular weight excluding hydrogens is 405 g/mol. The highest BCUT2D eigenvalue weighted by Crippen LogP contribution is 2.39. The summed E-state index contributed by atoms with van der Waals surface area (Å²) in [6.45, 7) is 22.9. The Morgan fingerprint density at radius 3 is 1.73 bits per heavy atom. The zero-order chi connectivity index (χ0) is 23.8. The lowest BCUT2D eigenvalue weighted by Gasteiger charge is -2.33. The molecule has 3 nitrogen and oxygen atoms in total. The lowest BCUT2D eigenvalue weighted by atomic mass is 9.33. The SMILES string of the molecule is C=C/C=C\C1=C(C=C)Oc2cc(C(=C/C=C)/N=C\C=C)cc3c2B1C(/C=C\C=C)=C(C=C)O3. The summed E-state index contributed by atoms with van der Waals surface area (Å²) in [7, 11) is 0. The molecule has 33 heavy (non-hydrogen) atoms. The summed E-state index contributed by atoms with van der Waals surface area (Å²) in [5, 5.41) is 0. The van der Waals surface area contributed by atoms with Crippen molar-refractivity contribution in [2.24, 2.45) is 4.99 Å². The van der Waals surface area contributed by atoms with E-state index in [1.165, 1.54) is 0 Å². The molecule has 0 amide bonds. The maximum Gasteiger partial charge on any atom is 0.260 e. The maximum absolute atomic E-state index is 6.31. The molecule has 3 rings (SSSR count). The third-order valence-corrected chi connectivity index (χ3v) is 5.11. The zero-order valence-corrected chi connectivity index (χ0v) is 18.7. The van der Waals surface area contributed by atoms with Crippen molar-refractivity contribution in [2.45, 2.75) is 0 Å². The lowest BCUT2D eigenvalue weighted by molar-refractivity contribution is 0.421. The van der Waals surface area contributed by atoms with Gasteiger partial charge in [0.05, 0.1) is 5.70 Å². The maximum atomic E-state index is 6.31. The van der Waals surface area contributed by atoms with Gasteiger partial charge in [0.15, 0.2) is 0 Å². The minimum Gasteiger partial charge on any atom is -0.458 e. The molecule has 0 atom stereocenters. The van der Waals surface area contributed by atoms with Crippen molar-refractivity contribution in [3.63, 3.8) is 0 Å². The van der Waals surface area contributed by atoms with Gasteiger partial charge in [0.2, 0.25) is 0 Å². The van der Waals surface area contributed by atoms with Crippen LogP contribution in [0.5, 0.6) is 11.5 Å². The third kappa shape index (κ3) is 4.65. The van der Waals surface area contributed by atoms with Gasteiger partial charge in [0.25, 0.3) is 6.71 Å². The Labute approximate surface area is 196 Å². The second-order valence-corrected chi connectivity index (χ2v) is 7.06. The number of hydrogen-bond donors (Lipinski definition) is 0. The van der Waals surface area contributed by atoms with Crippen LogP contribution in [0.1, 0.15) is 5.56 Å². The lowest BCUT2D eigenvalue weighted by Crippen LogP contribution is -2.44. The van der Waals surface area contributed by atoms with E-state index in [9.17, 15) is 0 Å². The number of aliphatic imine (C=N–C) groups is 1. The van der Waals surface area contributed by atoms with Gasteiger partial charge in [-0.05, 0) is 41.3 Å². The van der Waals surface area contributed by atoms with E-state index in [4.69, 9.17) is 9.47 Å². The number of benzene rings is 1. The Hall–Kier alpha value is -4.31. The van der Waals surface area contributed by atoms with Gasteiger partial charge in [-0.3, -0.25) is 4.99 Å². The molecule has 4 heteroatoms. The molecule has 2 aliphatic heterocycles. The summed E-state index contributed by atoms with van der Waals surface area (Å²) in [5.41, 5.74) is 4.35. The van der Waals surface area contributed by atoms with Gasteiger partial charge in [0.1, 0.15) is 23.0 Å². The first kappa shape index (κ1) is 23.4. The van der Waals surface area contributed by atoms with Gasteiger partial charge >= 0.3 is 0 Å². The number of ether oxygens (including phenoxy) is 2. The summed E-state index contributed by atoms with van der Waals surface area (Å²) in [6.07, 6.45) is 21.4. The van der Waals surface area contributed by atoms with Gasteiger partial charge in [0, 0.05) is 17.2 Å². The summed E-state index contributed by atoms with van der Waals surface area (Å²) < 4.78 is 12.6. The van der Waals surface area contributed by atoms with Gasteiger partial charge in [-0.25, -0.2) is 0 Å². The molecule has 162 valence electrons. The fraction of sp³-hybridized carbons (Fsp3) is 0. The monoisotopic (exact) mass is 431 g/mol. The minimum atomic E-state index is -0.150. The van der Waals surface area contributed by atoms with Crippen molar-refractivity contribution in [3.05, 3.63) is 146 Å². The second-order valence-electron chi connectivity index (χ2n) is 7.06. The molecule has 0 spiro atoms. The summed E-state index contributed by atoms with van der Waals surface area (Å²) in [5.74, 6) is 2.67. The van der Waals surface area contributed by atoms with Crippen molar-refractivity contribution >= 4 is 24.1 Å². The van der Waals surface area contributed by atoms with Crippen LogP contribution in [0.4, 0.5) is 0 Å². The van der Waals surface area contributed by atoms with Crippen LogP contribution in [-0.2, 0) is 0 Å². The highest BCUT2D eigenvalue weighted by molar-refractivity contribution is 6.89. The molecule has 2 aliphatic rings. The van der Waals surface area contributed by atoms with Crippen molar-refractivity contribution in [1.29, 1.82) is 0 Å². The van der Waals surface area contributed by atoms with Crippen LogP contribution in [-0.4, -0.2) is 12.9 Å². The molecule has 0 unspecified atom stereocenters. The molecule has 1 aromatic rings. The van der Waals surface area contributed by atoms with E-state index >= 15 is 0 Å². The molecule has 0 saturated carbocycles. The van der Waals surface area contributed by atoms with Crippen molar-refractivity contribution < 1.29 is 9.47 Å². The predicted octanol–water partition coefficient (Wildman–Crippen LogP) is 6.40. The Morgan fingerprint density at radius 1 is 0.758 bits per heavy atom. The van der Waals surface area contributed by atoms with Crippen LogP contribution in [0.25, 0.3) is 5.70 Å². The van der Waals surface area contributed by atoms with Crippen molar-refractivity contribution in [1.82, 2.24) is 0 Å².